The van der Waals surface area contributed by atoms with Crippen LogP contribution in [0.25, 0.3) is 0 Å². The van der Waals surface area contributed by atoms with E-state index < -0.39 is 0 Å². The number of methoxy groups -OCH3 is 1. The van der Waals surface area contributed by atoms with Gasteiger partial charge in [-0.2, -0.15) is 0 Å². The van der Waals surface area contributed by atoms with Crippen LogP contribution in [0.5, 0.6) is 5.75 Å². The molecule has 1 heterocycles. The molecule has 0 saturated heterocycles. The molecule has 1 aromatic heterocycles. The van der Waals surface area contributed by atoms with Gasteiger partial charge in [0.05, 0.1) is 17.7 Å². The SMILES string of the molecule is COc1ccc(Nc2ccc(C(=O)NC3CCCCCC3)cn2)cc1Cl. The highest BCUT2D eigenvalue weighted by Crippen LogP contribution is 2.28. The fourth-order valence-corrected chi connectivity index (χ4v) is 3.44. The van der Waals surface area contributed by atoms with Crippen molar-refractivity contribution in [3.63, 3.8) is 0 Å². The van der Waals surface area contributed by atoms with Crippen molar-refractivity contribution in [1.82, 2.24) is 10.3 Å². The van der Waals surface area contributed by atoms with Crippen molar-refractivity contribution in [2.24, 2.45) is 0 Å². The average Bonchev–Trinajstić information content (AvgIpc) is 2.91. The summed E-state index contributed by atoms with van der Waals surface area (Å²) in [4.78, 5) is 16.7. The number of pyridine rings is 1. The topological polar surface area (TPSA) is 63.2 Å². The molecule has 0 unspecified atom stereocenters. The molecule has 3 rings (SSSR count). The van der Waals surface area contributed by atoms with Gasteiger partial charge in [0, 0.05) is 17.9 Å². The summed E-state index contributed by atoms with van der Waals surface area (Å²) in [6.07, 6.45) is 8.65. The fourth-order valence-electron chi connectivity index (χ4n) is 3.19. The van der Waals surface area contributed by atoms with E-state index in [1.165, 1.54) is 25.7 Å². The van der Waals surface area contributed by atoms with E-state index in [0.29, 0.717) is 22.2 Å². The first-order valence-corrected chi connectivity index (χ1v) is 9.41. The summed E-state index contributed by atoms with van der Waals surface area (Å²) in [6.45, 7) is 0. The third-order valence-electron chi connectivity index (χ3n) is 4.64. The van der Waals surface area contributed by atoms with Gasteiger partial charge in [-0.15, -0.1) is 0 Å². The summed E-state index contributed by atoms with van der Waals surface area (Å²) in [5.41, 5.74) is 1.38. The normalized spacial score (nSPS) is 15.2. The summed E-state index contributed by atoms with van der Waals surface area (Å²) in [5.74, 6) is 1.22. The van der Waals surface area contributed by atoms with E-state index in [9.17, 15) is 4.79 Å². The first kappa shape index (κ1) is 18.5. The van der Waals surface area contributed by atoms with Crippen molar-refractivity contribution < 1.29 is 9.53 Å². The third kappa shape index (κ3) is 4.88. The zero-order valence-electron chi connectivity index (χ0n) is 14.9. The van der Waals surface area contributed by atoms with Crippen molar-refractivity contribution in [2.75, 3.05) is 12.4 Å². The Morgan fingerprint density at radius 3 is 2.54 bits per heavy atom. The van der Waals surface area contributed by atoms with Crippen LogP contribution in [0.1, 0.15) is 48.9 Å². The van der Waals surface area contributed by atoms with Crippen molar-refractivity contribution in [3.05, 3.63) is 47.1 Å². The predicted octanol–water partition coefficient (Wildman–Crippen LogP) is 4.94. The minimum atomic E-state index is -0.0524. The van der Waals surface area contributed by atoms with Crippen molar-refractivity contribution in [1.29, 1.82) is 0 Å². The van der Waals surface area contributed by atoms with Crippen LogP contribution in [0, 0.1) is 0 Å². The van der Waals surface area contributed by atoms with Crippen LogP contribution in [0.2, 0.25) is 5.02 Å². The fraction of sp³-hybridized carbons (Fsp3) is 0.400. The average molecular weight is 374 g/mol. The number of aromatic nitrogens is 1. The van der Waals surface area contributed by atoms with Crippen LogP contribution < -0.4 is 15.4 Å². The molecule has 0 aliphatic heterocycles. The summed E-state index contributed by atoms with van der Waals surface area (Å²) in [5, 5.41) is 6.83. The molecule has 26 heavy (non-hydrogen) atoms. The van der Waals surface area contributed by atoms with Crippen molar-refractivity contribution in [2.45, 2.75) is 44.6 Å². The van der Waals surface area contributed by atoms with E-state index in [0.717, 1.165) is 18.5 Å². The number of hydrogen-bond acceptors (Lipinski definition) is 4. The molecular weight excluding hydrogens is 350 g/mol. The molecule has 1 fully saturated rings. The molecule has 5 nitrogen and oxygen atoms in total. The monoisotopic (exact) mass is 373 g/mol. The lowest BCUT2D eigenvalue weighted by atomic mass is 10.1. The maximum Gasteiger partial charge on any atom is 0.253 e. The largest absolute Gasteiger partial charge is 0.495 e. The molecule has 0 bridgehead atoms. The van der Waals surface area contributed by atoms with Gasteiger partial charge < -0.3 is 15.4 Å². The highest BCUT2D eigenvalue weighted by molar-refractivity contribution is 6.32. The summed E-state index contributed by atoms with van der Waals surface area (Å²) in [7, 11) is 1.58. The Labute approximate surface area is 159 Å². The van der Waals surface area contributed by atoms with Gasteiger partial charge in [-0.3, -0.25) is 4.79 Å². The molecular formula is C20H24ClN3O2. The number of nitrogens with one attached hydrogen (secondary N) is 2. The van der Waals surface area contributed by atoms with Gasteiger partial charge in [0.25, 0.3) is 5.91 Å². The Morgan fingerprint density at radius 1 is 1.15 bits per heavy atom. The number of ether oxygens (including phenoxy) is 1. The van der Waals surface area contributed by atoms with Gasteiger partial charge in [0.2, 0.25) is 0 Å². The summed E-state index contributed by atoms with van der Waals surface area (Å²) < 4.78 is 5.14. The molecule has 2 N–H and O–H groups in total. The molecule has 0 spiro atoms. The molecule has 0 radical (unpaired) electrons. The molecule has 1 amide bonds. The van der Waals surface area contributed by atoms with Gasteiger partial charge in [0.1, 0.15) is 11.6 Å². The number of halogens is 1. The molecule has 1 aliphatic carbocycles. The van der Waals surface area contributed by atoms with Crippen LogP contribution in [-0.4, -0.2) is 24.0 Å². The van der Waals surface area contributed by atoms with E-state index in [4.69, 9.17) is 16.3 Å². The Bertz CT molecular complexity index is 741. The molecule has 6 heteroatoms. The zero-order valence-corrected chi connectivity index (χ0v) is 15.7. The standard InChI is InChI=1S/C20H24ClN3O2/c1-26-18-10-9-16(12-17(18)21)23-19-11-8-14(13-22-19)20(25)24-15-6-4-2-3-5-7-15/h8-13,15H,2-7H2,1H3,(H,22,23)(H,24,25). The van der Waals surface area contributed by atoms with E-state index in [-0.39, 0.29) is 11.9 Å². The lowest BCUT2D eigenvalue weighted by molar-refractivity contribution is 0.0933. The quantitative estimate of drug-likeness (QED) is 0.728. The number of amides is 1. The Balaban J connectivity index is 1.60. The smallest absolute Gasteiger partial charge is 0.253 e. The van der Waals surface area contributed by atoms with E-state index >= 15 is 0 Å². The molecule has 1 saturated carbocycles. The van der Waals surface area contributed by atoms with Crippen molar-refractivity contribution in [3.8, 4) is 5.75 Å². The Kier molecular flexibility index (Phi) is 6.34. The number of benzene rings is 1. The summed E-state index contributed by atoms with van der Waals surface area (Å²) in [6, 6.07) is 9.28. The van der Waals surface area contributed by atoms with Gasteiger partial charge in [0.15, 0.2) is 0 Å². The lowest BCUT2D eigenvalue weighted by Crippen LogP contribution is -2.34. The van der Waals surface area contributed by atoms with E-state index in [1.54, 1.807) is 37.6 Å². The second-order valence-electron chi connectivity index (χ2n) is 6.57. The van der Waals surface area contributed by atoms with Gasteiger partial charge in [-0.25, -0.2) is 4.98 Å². The van der Waals surface area contributed by atoms with Crippen LogP contribution in [0.15, 0.2) is 36.5 Å². The first-order valence-electron chi connectivity index (χ1n) is 9.03. The molecule has 2 aromatic rings. The minimum absolute atomic E-state index is 0.0524. The van der Waals surface area contributed by atoms with Gasteiger partial charge >= 0.3 is 0 Å². The first-order chi connectivity index (χ1) is 12.7. The van der Waals surface area contributed by atoms with Crippen molar-refractivity contribution >= 4 is 29.0 Å². The number of carbonyl (C=O) groups excluding carboxylic acids is 1. The van der Waals surface area contributed by atoms with E-state index in [2.05, 4.69) is 15.6 Å². The Hall–Kier alpha value is -2.27. The zero-order chi connectivity index (χ0) is 18.4. The second kappa shape index (κ2) is 8.90. The van der Waals surface area contributed by atoms with Crippen LogP contribution in [-0.2, 0) is 0 Å². The van der Waals surface area contributed by atoms with Crippen LogP contribution in [0.4, 0.5) is 11.5 Å². The number of carbonyl (C=O) groups is 1. The predicted molar refractivity (Wildman–Crippen MR) is 104 cm³/mol. The number of hydrogen-bond donors (Lipinski definition) is 2. The van der Waals surface area contributed by atoms with Crippen LogP contribution in [0.3, 0.4) is 0 Å². The molecule has 0 atom stereocenters. The third-order valence-corrected chi connectivity index (χ3v) is 4.94. The van der Waals surface area contributed by atoms with E-state index in [1.807, 2.05) is 6.07 Å². The van der Waals surface area contributed by atoms with Gasteiger partial charge in [-0.1, -0.05) is 37.3 Å². The molecule has 1 aliphatic rings. The molecule has 1 aromatic carbocycles. The number of nitrogens with zero attached hydrogens (tertiary/aromatic N) is 1. The maximum absolute atomic E-state index is 12.4. The molecule has 138 valence electrons. The lowest BCUT2D eigenvalue weighted by Gasteiger charge is -2.16. The highest BCUT2D eigenvalue weighted by Gasteiger charge is 2.16. The minimum Gasteiger partial charge on any atom is -0.495 e. The number of anilines is 2. The van der Waals surface area contributed by atoms with Crippen LogP contribution >= 0.6 is 11.6 Å². The van der Waals surface area contributed by atoms with Gasteiger partial charge in [-0.05, 0) is 43.2 Å². The highest BCUT2D eigenvalue weighted by atomic mass is 35.5. The summed E-state index contributed by atoms with van der Waals surface area (Å²) >= 11 is 6.13. The number of rotatable bonds is 5. The maximum atomic E-state index is 12.4. The Morgan fingerprint density at radius 2 is 1.92 bits per heavy atom. The second-order valence-corrected chi connectivity index (χ2v) is 6.98.